The van der Waals surface area contributed by atoms with Crippen molar-refractivity contribution in [2.75, 3.05) is 6.54 Å². The van der Waals surface area contributed by atoms with Crippen LogP contribution in [0.3, 0.4) is 0 Å². The van der Waals surface area contributed by atoms with Crippen LogP contribution in [-0.2, 0) is 7.05 Å². The van der Waals surface area contributed by atoms with Gasteiger partial charge in [-0.25, -0.2) is 0 Å². The largest absolute Gasteiger partial charge is 0.347 e. The molecule has 1 aromatic carbocycles. The maximum Gasteiger partial charge on any atom is 0.0482 e. The lowest BCUT2D eigenvalue weighted by Crippen LogP contribution is -2.13. The molecule has 0 aliphatic rings. The third-order valence-corrected chi connectivity index (χ3v) is 3.24. The molecule has 0 radical (unpaired) electrons. The van der Waals surface area contributed by atoms with Crippen molar-refractivity contribution in [2.45, 2.75) is 19.8 Å². The molecule has 15 heavy (non-hydrogen) atoms. The lowest BCUT2D eigenvalue weighted by Gasteiger charge is -2.12. The first-order valence-electron chi connectivity index (χ1n) is 5.40. The van der Waals surface area contributed by atoms with Gasteiger partial charge in [0.05, 0.1) is 0 Å². The summed E-state index contributed by atoms with van der Waals surface area (Å²) in [6, 6.07) is 8.51. The predicted molar refractivity (Wildman–Crippen MR) is 65.1 cm³/mol. The summed E-state index contributed by atoms with van der Waals surface area (Å²) in [7, 11) is 2.12. The minimum absolute atomic E-state index is 0.419. The monoisotopic (exact) mass is 202 g/mol. The number of hydrogen-bond acceptors (Lipinski definition) is 1. The van der Waals surface area contributed by atoms with Gasteiger partial charge in [-0.05, 0) is 18.6 Å². The highest BCUT2D eigenvalue weighted by molar-refractivity contribution is 5.85. The molecule has 1 heterocycles. The predicted octanol–water partition coefficient (Wildman–Crippen LogP) is 2.55. The quantitative estimate of drug-likeness (QED) is 0.797. The Labute approximate surface area is 90.7 Å². The van der Waals surface area contributed by atoms with E-state index in [2.05, 4.69) is 49.7 Å². The van der Waals surface area contributed by atoms with Crippen molar-refractivity contribution in [2.24, 2.45) is 12.8 Å². The van der Waals surface area contributed by atoms with Crippen molar-refractivity contribution in [3.8, 4) is 0 Å². The number of rotatable bonds is 2. The zero-order valence-electron chi connectivity index (χ0n) is 9.62. The summed E-state index contributed by atoms with van der Waals surface area (Å²) in [4.78, 5) is 0. The second-order valence-electron chi connectivity index (χ2n) is 4.22. The highest BCUT2D eigenvalue weighted by atomic mass is 15.0. The SMILES string of the molecule is Cc1c(C(C)CN)n(C)c2ccccc12. The summed E-state index contributed by atoms with van der Waals surface area (Å²) in [5, 5.41) is 1.34. The van der Waals surface area contributed by atoms with E-state index < -0.39 is 0 Å². The van der Waals surface area contributed by atoms with Gasteiger partial charge in [0.1, 0.15) is 0 Å². The van der Waals surface area contributed by atoms with Gasteiger partial charge in [0.2, 0.25) is 0 Å². The summed E-state index contributed by atoms with van der Waals surface area (Å²) in [5.41, 5.74) is 9.77. The van der Waals surface area contributed by atoms with Crippen LogP contribution in [-0.4, -0.2) is 11.1 Å². The third-order valence-electron chi connectivity index (χ3n) is 3.24. The number of benzene rings is 1. The Kier molecular flexibility index (Phi) is 2.53. The number of fused-ring (bicyclic) bond motifs is 1. The van der Waals surface area contributed by atoms with Gasteiger partial charge in [0.15, 0.2) is 0 Å². The first kappa shape index (κ1) is 10.2. The summed E-state index contributed by atoms with van der Waals surface area (Å²) in [6.45, 7) is 5.07. The topological polar surface area (TPSA) is 30.9 Å². The summed E-state index contributed by atoms with van der Waals surface area (Å²) < 4.78 is 2.27. The van der Waals surface area contributed by atoms with Gasteiger partial charge in [-0.1, -0.05) is 25.1 Å². The smallest absolute Gasteiger partial charge is 0.0482 e. The summed E-state index contributed by atoms with van der Waals surface area (Å²) >= 11 is 0. The van der Waals surface area contributed by atoms with Crippen LogP contribution in [0.1, 0.15) is 24.1 Å². The Morgan fingerprint density at radius 1 is 1.33 bits per heavy atom. The van der Waals surface area contributed by atoms with Gasteiger partial charge >= 0.3 is 0 Å². The molecule has 0 aliphatic carbocycles. The van der Waals surface area contributed by atoms with Crippen molar-refractivity contribution >= 4 is 10.9 Å². The summed E-state index contributed by atoms with van der Waals surface area (Å²) in [6.07, 6.45) is 0. The van der Waals surface area contributed by atoms with Gasteiger partial charge in [0.25, 0.3) is 0 Å². The fourth-order valence-corrected chi connectivity index (χ4v) is 2.41. The molecular formula is C13H18N2. The molecule has 1 atom stereocenters. The van der Waals surface area contributed by atoms with E-state index in [1.807, 2.05) is 0 Å². The first-order chi connectivity index (χ1) is 7.16. The Morgan fingerprint density at radius 3 is 2.60 bits per heavy atom. The van der Waals surface area contributed by atoms with E-state index in [1.165, 1.54) is 22.2 Å². The second kappa shape index (κ2) is 3.70. The zero-order chi connectivity index (χ0) is 11.0. The lowest BCUT2D eigenvalue weighted by molar-refractivity contribution is 0.697. The Hall–Kier alpha value is -1.28. The number of nitrogens with zero attached hydrogens (tertiary/aromatic N) is 1. The molecule has 2 rings (SSSR count). The molecular weight excluding hydrogens is 184 g/mol. The number of para-hydroxylation sites is 1. The maximum atomic E-state index is 5.75. The normalized spacial score (nSPS) is 13.3. The zero-order valence-corrected chi connectivity index (χ0v) is 9.62. The fourth-order valence-electron chi connectivity index (χ4n) is 2.41. The molecule has 2 aromatic rings. The molecule has 0 spiro atoms. The van der Waals surface area contributed by atoms with E-state index in [1.54, 1.807) is 0 Å². The summed E-state index contributed by atoms with van der Waals surface area (Å²) in [5.74, 6) is 0.419. The van der Waals surface area contributed by atoms with Crippen molar-refractivity contribution in [3.05, 3.63) is 35.5 Å². The molecule has 80 valence electrons. The van der Waals surface area contributed by atoms with E-state index in [0.717, 1.165) is 0 Å². The third kappa shape index (κ3) is 1.45. The average molecular weight is 202 g/mol. The van der Waals surface area contributed by atoms with Crippen LogP contribution < -0.4 is 5.73 Å². The molecule has 0 saturated heterocycles. The minimum Gasteiger partial charge on any atom is -0.347 e. The van der Waals surface area contributed by atoms with Crippen LogP contribution in [0.15, 0.2) is 24.3 Å². The van der Waals surface area contributed by atoms with E-state index in [4.69, 9.17) is 5.73 Å². The van der Waals surface area contributed by atoms with Gasteiger partial charge in [0, 0.05) is 36.1 Å². The van der Waals surface area contributed by atoms with Crippen molar-refractivity contribution in [3.63, 3.8) is 0 Å². The molecule has 0 fully saturated rings. The molecule has 2 N–H and O–H groups in total. The highest BCUT2D eigenvalue weighted by Crippen LogP contribution is 2.28. The Bertz CT molecular complexity index is 443. The first-order valence-corrected chi connectivity index (χ1v) is 5.40. The Balaban J connectivity index is 2.75. The van der Waals surface area contributed by atoms with Crippen LogP contribution >= 0.6 is 0 Å². The number of aryl methyl sites for hydroxylation is 2. The number of aromatic nitrogens is 1. The molecule has 0 bridgehead atoms. The van der Waals surface area contributed by atoms with Gasteiger partial charge in [-0.15, -0.1) is 0 Å². The van der Waals surface area contributed by atoms with Crippen LogP contribution in [0.4, 0.5) is 0 Å². The van der Waals surface area contributed by atoms with Crippen LogP contribution in [0, 0.1) is 6.92 Å². The maximum absolute atomic E-state index is 5.75. The van der Waals surface area contributed by atoms with Crippen molar-refractivity contribution < 1.29 is 0 Å². The molecule has 2 heteroatoms. The van der Waals surface area contributed by atoms with Crippen LogP contribution in [0.5, 0.6) is 0 Å². The van der Waals surface area contributed by atoms with Crippen LogP contribution in [0.2, 0.25) is 0 Å². The number of hydrogen-bond donors (Lipinski definition) is 1. The van der Waals surface area contributed by atoms with Gasteiger partial charge < -0.3 is 10.3 Å². The molecule has 1 unspecified atom stereocenters. The highest BCUT2D eigenvalue weighted by Gasteiger charge is 2.15. The molecule has 2 nitrogen and oxygen atoms in total. The number of nitrogens with two attached hydrogens (primary N) is 1. The van der Waals surface area contributed by atoms with Gasteiger partial charge in [-0.3, -0.25) is 0 Å². The molecule has 0 saturated carbocycles. The minimum atomic E-state index is 0.419. The fraction of sp³-hybridized carbons (Fsp3) is 0.385. The standard InChI is InChI=1S/C13H18N2/c1-9(8-14)13-10(2)11-6-4-5-7-12(11)15(13)3/h4-7,9H,8,14H2,1-3H3. The van der Waals surface area contributed by atoms with Crippen molar-refractivity contribution in [1.82, 2.24) is 4.57 Å². The van der Waals surface area contributed by atoms with E-state index in [0.29, 0.717) is 12.5 Å². The molecule has 0 amide bonds. The Morgan fingerprint density at radius 2 is 2.00 bits per heavy atom. The van der Waals surface area contributed by atoms with Crippen molar-refractivity contribution in [1.29, 1.82) is 0 Å². The van der Waals surface area contributed by atoms with E-state index in [9.17, 15) is 0 Å². The lowest BCUT2D eigenvalue weighted by atomic mass is 10.0. The van der Waals surface area contributed by atoms with Gasteiger partial charge in [-0.2, -0.15) is 0 Å². The van der Waals surface area contributed by atoms with E-state index in [-0.39, 0.29) is 0 Å². The molecule has 0 aliphatic heterocycles. The van der Waals surface area contributed by atoms with Crippen LogP contribution in [0.25, 0.3) is 10.9 Å². The van der Waals surface area contributed by atoms with E-state index >= 15 is 0 Å². The molecule has 1 aromatic heterocycles. The second-order valence-corrected chi connectivity index (χ2v) is 4.22. The average Bonchev–Trinajstić information content (AvgIpc) is 2.52.